The lowest BCUT2D eigenvalue weighted by atomic mass is 9.93. The third-order valence-electron chi connectivity index (χ3n) is 3.93. The molecule has 0 fully saturated rings. The van der Waals surface area contributed by atoms with Crippen LogP contribution in [0, 0.1) is 0 Å². The number of carbonyl (C=O) groups is 4. The van der Waals surface area contributed by atoms with Gasteiger partial charge in [-0.1, -0.05) is 0 Å². The molecule has 34 heavy (non-hydrogen) atoms. The second-order valence-corrected chi connectivity index (χ2v) is 6.05. The van der Waals surface area contributed by atoms with E-state index in [9.17, 15) is 55.7 Å². The molecule has 182 valence electrons. The zero-order valence-electron chi connectivity index (χ0n) is 15.8. The predicted octanol–water partition coefficient (Wildman–Crippen LogP) is 3.94. The minimum Gasteiger partial charge on any atom is -0.478 e. The van der Waals surface area contributed by atoms with Crippen LogP contribution >= 0.6 is 0 Å². The molecule has 0 unspecified atom stereocenters. The first-order valence-corrected chi connectivity index (χ1v) is 8.23. The SMILES string of the molecule is O=C(O)c1ccc(-c2ccc(C(=O)O)c(C(=O)O)c2OC(F)(F)F)c(OC(F)(F)F)c1C(=O)O. The monoisotopic (exact) mass is 498 g/mol. The summed E-state index contributed by atoms with van der Waals surface area (Å²) >= 11 is 0. The summed E-state index contributed by atoms with van der Waals surface area (Å²) in [7, 11) is 0. The van der Waals surface area contributed by atoms with Crippen LogP contribution in [0.15, 0.2) is 24.3 Å². The molecule has 0 aliphatic heterocycles. The molecule has 4 N–H and O–H groups in total. The van der Waals surface area contributed by atoms with E-state index in [4.69, 9.17) is 10.2 Å². The summed E-state index contributed by atoms with van der Waals surface area (Å²) in [4.78, 5) is 45.7. The topological polar surface area (TPSA) is 168 Å². The number of hydrogen-bond acceptors (Lipinski definition) is 6. The van der Waals surface area contributed by atoms with E-state index < -0.39 is 81.5 Å². The van der Waals surface area contributed by atoms with Gasteiger partial charge in [0.05, 0.1) is 11.1 Å². The van der Waals surface area contributed by atoms with Gasteiger partial charge in [-0.05, 0) is 24.3 Å². The highest BCUT2D eigenvalue weighted by atomic mass is 19.4. The second-order valence-electron chi connectivity index (χ2n) is 6.05. The smallest absolute Gasteiger partial charge is 0.478 e. The fourth-order valence-electron chi connectivity index (χ4n) is 2.81. The van der Waals surface area contributed by atoms with Gasteiger partial charge in [-0.2, -0.15) is 0 Å². The molecule has 0 saturated heterocycles. The molecule has 10 nitrogen and oxygen atoms in total. The maximum absolute atomic E-state index is 13.0. The average Bonchev–Trinajstić information content (AvgIpc) is 2.64. The van der Waals surface area contributed by atoms with E-state index in [1.165, 1.54) is 0 Å². The number of hydrogen-bond donors (Lipinski definition) is 4. The van der Waals surface area contributed by atoms with E-state index in [1.807, 2.05) is 0 Å². The quantitative estimate of drug-likeness (QED) is 0.411. The summed E-state index contributed by atoms with van der Waals surface area (Å²) < 4.78 is 85.3. The van der Waals surface area contributed by atoms with Crippen molar-refractivity contribution in [3.63, 3.8) is 0 Å². The van der Waals surface area contributed by atoms with Crippen LogP contribution in [-0.4, -0.2) is 57.0 Å². The van der Waals surface area contributed by atoms with Crippen LogP contribution in [0.25, 0.3) is 11.1 Å². The fraction of sp³-hybridized carbons (Fsp3) is 0.111. The zero-order valence-corrected chi connectivity index (χ0v) is 15.8. The number of benzene rings is 2. The molecular weight excluding hydrogens is 490 g/mol. The van der Waals surface area contributed by atoms with Crippen molar-refractivity contribution in [2.24, 2.45) is 0 Å². The Hall–Kier alpha value is -4.50. The molecule has 0 aromatic heterocycles. The van der Waals surface area contributed by atoms with Gasteiger partial charge in [0.15, 0.2) is 11.5 Å². The summed E-state index contributed by atoms with van der Waals surface area (Å²) in [5.41, 5.74) is -8.18. The van der Waals surface area contributed by atoms with Crippen molar-refractivity contribution in [3.8, 4) is 22.6 Å². The van der Waals surface area contributed by atoms with Gasteiger partial charge in [0, 0.05) is 11.1 Å². The number of carboxylic acid groups (broad SMARTS) is 4. The van der Waals surface area contributed by atoms with Crippen LogP contribution in [0.4, 0.5) is 26.3 Å². The lowest BCUT2D eigenvalue weighted by Gasteiger charge is -2.21. The van der Waals surface area contributed by atoms with Crippen molar-refractivity contribution in [3.05, 3.63) is 46.5 Å². The van der Waals surface area contributed by atoms with Gasteiger partial charge in [0.25, 0.3) is 0 Å². The van der Waals surface area contributed by atoms with Crippen LogP contribution in [-0.2, 0) is 0 Å². The zero-order chi connectivity index (χ0) is 26.2. The van der Waals surface area contributed by atoms with Gasteiger partial charge in [-0.3, -0.25) is 0 Å². The van der Waals surface area contributed by atoms with E-state index in [1.54, 1.807) is 0 Å². The third-order valence-corrected chi connectivity index (χ3v) is 3.93. The largest absolute Gasteiger partial charge is 0.573 e. The first kappa shape index (κ1) is 25.8. The van der Waals surface area contributed by atoms with Crippen molar-refractivity contribution in [2.45, 2.75) is 12.7 Å². The normalized spacial score (nSPS) is 11.6. The minimum absolute atomic E-state index is 0.404. The van der Waals surface area contributed by atoms with E-state index in [0.29, 0.717) is 24.3 Å². The lowest BCUT2D eigenvalue weighted by molar-refractivity contribution is -0.276. The predicted molar refractivity (Wildman–Crippen MR) is 93.1 cm³/mol. The Morgan fingerprint density at radius 2 is 0.853 bits per heavy atom. The Bertz CT molecular complexity index is 1110. The molecule has 0 aliphatic rings. The Kier molecular flexibility index (Phi) is 6.66. The maximum atomic E-state index is 13.0. The maximum Gasteiger partial charge on any atom is 0.573 e. The van der Waals surface area contributed by atoms with E-state index in [0.717, 1.165) is 0 Å². The van der Waals surface area contributed by atoms with Crippen molar-refractivity contribution in [1.82, 2.24) is 0 Å². The molecule has 0 amide bonds. The summed E-state index contributed by atoms with van der Waals surface area (Å²) in [5, 5.41) is 36.8. The Morgan fingerprint density at radius 1 is 0.559 bits per heavy atom. The van der Waals surface area contributed by atoms with Gasteiger partial charge in [0.2, 0.25) is 0 Å². The van der Waals surface area contributed by atoms with Gasteiger partial charge >= 0.3 is 36.6 Å². The number of halogens is 6. The molecule has 0 aliphatic carbocycles. The summed E-state index contributed by atoms with van der Waals surface area (Å²) in [5.74, 6) is -12.3. The highest BCUT2D eigenvalue weighted by molar-refractivity contribution is 6.08. The number of alkyl halides is 6. The molecule has 0 heterocycles. The number of aromatic carboxylic acids is 4. The van der Waals surface area contributed by atoms with Crippen molar-refractivity contribution in [1.29, 1.82) is 0 Å². The van der Waals surface area contributed by atoms with E-state index >= 15 is 0 Å². The summed E-state index contributed by atoms with van der Waals surface area (Å²) in [6, 6.07) is 1.63. The molecule has 2 aromatic rings. The molecule has 2 aromatic carbocycles. The number of rotatable bonds is 7. The first-order chi connectivity index (χ1) is 15.4. The molecule has 16 heteroatoms. The minimum atomic E-state index is -5.70. The summed E-state index contributed by atoms with van der Waals surface area (Å²) in [6.07, 6.45) is -11.4. The van der Waals surface area contributed by atoms with Crippen LogP contribution in [0.3, 0.4) is 0 Å². The number of carboxylic acids is 4. The van der Waals surface area contributed by atoms with E-state index in [2.05, 4.69) is 9.47 Å². The van der Waals surface area contributed by atoms with Gasteiger partial charge in [-0.15, -0.1) is 26.3 Å². The first-order valence-electron chi connectivity index (χ1n) is 8.23. The van der Waals surface area contributed by atoms with Crippen LogP contribution in [0.2, 0.25) is 0 Å². The average molecular weight is 498 g/mol. The molecule has 0 saturated carbocycles. The van der Waals surface area contributed by atoms with Crippen LogP contribution in [0.1, 0.15) is 41.4 Å². The van der Waals surface area contributed by atoms with Crippen LogP contribution < -0.4 is 9.47 Å². The van der Waals surface area contributed by atoms with Gasteiger partial charge in [-0.25, -0.2) is 19.2 Å². The van der Waals surface area contributed by atoms with E-state index in [-0.39, 0.29) is 0 Å². The molecule has 0 bridgehead atoms. The highest BCUT2D eigenvalue weighted by Crippen LogP contribution is 2.45. The van der Waals surface area contributed by atoms with Crippen molar-refractivity contribution >= 4 is 23.9 Å². The second kappa shape index (κ2) is 8.80. The fourth-order valence-corrected chi connectivity index (χ4v) is 2.81. The van der Waals surface area contributed by atoms with Crippen molar-refractivity contribution < 1.29 is 75.4 Å². The Labute approximate surface area is 182 Å². The standard InChI is InChI=1S/C18H8F6O10/c19-17(20,21)33-11-5(1-3-7(13(25)26)9(11)15(29)30)6-2-4-8(14(27)28)10(16(31)32)12(6)34-18(22,23)24/h1-4H,(H,25,26)(H,27,28)(H,29,30)(H,31,32). The molecule has 0 spiro atoms. The van der Waals surface area contributed by atoms with Crippen LogP contribution in [0.5, 0.6) is 11.5 Å². The molecule has 0 radical (unpaired) electrons. The molecule has 2 rings (SSSR count). The molecule has 0 atom stereocenters. The number of ether oxygens (including phenoxy) is 2. The van der Waals surface area contributed by atoms with Crippen molar-refractivity contribution in [2.75, 3.05) is 0 Å². The van der Waals surface area contributed by atoms with Gasteiger partial charge in [0.1, 0.15) is 11.1 Å². The Balaban J connectivity index is 3.11. The van der Waals surface area contributed by atoms with Gasteiger partial charge < -0.3 is 29.9 Å². The third kappa shape index (κ3) is 5.45. The Morgan fingerprint density at radius 3 is 1.06 bits per heavy atom. The highest BCUT2D eigenvalue weighted by Gasteiger charge is 2.40. The summed E-state index contributed by atoms with van der Waals surface area (Å²) in [6.45, 7) is 0. The molecular formula is C18H8F6O10. The lowest BCUT2D eigenvalue weighted by Crippen LogP contribution is -2.23.